The van der Waals surface area contributed by atoms with Gasteiger partial charge in [0.1, 0.15) is 11.4 Å². The van der Waals surface area contributed by atoms with Gasteiger partial charge >= 0.3 is 11.9 Å². The third-order valence-corrected chi connectivity index (χ3v) is 5.46. The lowest BCUT2D eigenvalue weighted by Gasteiger charge is -2.25. The number of carboxylic acids is 1. The number of carbonyl (C=O) groups excluding carboxylic acids is 1. The number of aliphatic carboxylic acids is 1. The zero-order chi connectivity index (χ0) is 23.7. The number of unbranched alkanes of at least 4 members (excludes halogenated alkanes) is 1. The third kappa shape index (κ3) is 8.45. The highest BCUT2D eigenvalue weighted by Crippen LogP contribution is 2.27. The second kappa shape index (κ2) is 11.8. The van der Waals surface area contributed by atoms with Gasteiger partial charge in [-0.15, -0.1) is 0 Å². The Bertz CT molecular complexity index is 883. The molecule has 174 valence electrons. The third-order valence-electron chi connectivity index (χ3n) is 5.46. The second-order valence-corrected chi connectivity index (χ2v) is 9.39. The smallest absolute Gasteiger partial charge is 0.309 e. The molecule has 1 N–H and O–H groups in total. The fourth-order valence-electron chi connectivity index (χ4n) is 3.73. The van der Waals surface area contributed by atoms with Crippen LogP contribution >= 0.6 is 0 Å². The lowest BCUT2D eigenvalue weighted by Crippen LogP contribution is -2.31. The van der Waals surface area contributed by atoms with E-state index in [1.54, 1.807) is 6.07 Å². The Morgan fingerprint density at radius 1 is 1.00 bits per heavy atom. The van der Waals surface area contributed by atoms with Crippen molar-refractivity contribution in [2.45, 2.75) is 71.8 Å². The summed E-state index contributed by atoms with van der Waals surface area (Å²) in [4.78, 5) is 24.6. The maximum absolute atomic E-state index is 13.5. The molecule has 0 aliphatic heterocycles. The van der Waals surface area contributed by atoms with Crippen LogP contribution in [0.3, 0.4) is 0 Å². The van der Waals surface area contributed by atoms with Crippen LogP contribution in [0.15, 0.2) is 48.5 Å². The van der Waals surface area contributed by atoms with Gasteiger partial charge in [0.15, 0.2) is 0 Å². The Hall–Kier alpha value is -2.69. The zero-order valence-corrected chi connectivity index (χ0v) is 19.6. The van der Waals surface area contributed by atoms with Gasteiger partial charge in [-0.1, -0.05) is 56.2 Å². The summed E-state index contributed by atoms with van der Waals surface area (Å²) in [6, 6.07) is 14.2. The quantitative estimate of drug-likeness (QED) is 0.395. The predicted molar refractivity (Wildman–Crippen MR) is 125 cm³/mol. The summed E-state index contributed by atoms with van der Waals surface area (Å²) in [6.07, 6.45) is 3.75. The SMILES string of the molecule is CCCC[C@@H](C[C@H](CCc1ccc(-c2cccc(F)c2)cc1)C(=O)O)C(=O)OC(C)(C)C. The van der Waals surface area contributed by atoms with E-state index < -0.39 is 23.4 Å². The van der Waals surface area contributed by atoms with Crippen LogP contribution in [0.5, 0.6) is 0 Å². The van der Waals surface area contributed by atoms with E-state index in [1.807, 2.05) is 58.0 Å². The molecule has 0 heterocycles. The first kappa shape index (κ1) is 25.6. The van der Waals surface area contributed by atoms with Crippen molar-refractivity contribution in [2.24, 2.45) is 11.8 Å². The first-order chi connectivity index (χ1) is 15.1. The lowest BCUT2D eigenvalue weighted by molar-refractivity contribution is -0.161. The van der Waals surface area contributed by atoms with Crippen molar-refractivity contribution in [1.29, 1.82) is 0 Å². The van der Waals surface area contributed by atoms with E-state index in [-0.39, 0.29) is 18.2 Å². The molecule has 0 amide bonds. The van der Waals surface area contributed by atoms with Crippen LogP contribution < -0.4 is 0 Å². The summed E-state index contributed by atoms with van der Waals surface area (Å²) in [5.74, 6) is -2.50. The van der Waals surface area contributed by atoms with Crippen molar-refractivity contribution >= 4 is 11.9 Å². The largest absolute Gasteiger partial charge is 0.481 e. The van der Waals surface area contributed by atoms with Crippen molar-refractivity contribution < 1.29 is 23.8 Å². The van der Waals surface area contributed by atoms with Gasteiger partial charge in [-0.3, -0.25) is 9.59 Å². The van der Waals surface area contributed by atoms with Gasteiger partial charge in [-0.05, 0) is 75.3 Å². The second-order valence-electron chi connectivity index (χ2n) is 9.39. The summed E-state index contributed by atoms with van der Waals surface area (Å²) in [7, 11) is 0. The molecule has 2 rings (SSSR count). The molecular weight excluding hydrogens is 407 g/mol. The van der Waals surface area contributed by atoms with E-state index in [1.165, 1.54) is 12.1 Å². The monoisotopic (exact) mass is 442 g/mol. The average molecular weight is 443 g/mol. The minimum absolute atomic E-state index is 0.279. The molecule has 0 aliphatic carbocycles. The Balaban J connectivity index is 2.03. The molecule has 0 saturated carbocycles. The summed E-state index contributed by atoms with van der Waals surface area (Å²) >= 11 is 0. The number of hydrogen-bond donors (Lipinski definition) is 1. The van der Waals surface area contributed by atoms with Gasteiger partial charge in [-0.25, -0.2) is 4.39 Å². The average Bonchev–Trinajstić information content (AvgIpc) is 2.72. The molecule has 0 spiro atoms. The van der Waals surface area contributed by atoms with Crippen LogP contribution in [0, 0.1) is 17.7 Å². The van der Waals surface area contributed by atoms with Crippen molar-refractivity contribution in [2.75, 3.05) is 0 Å². The standard InChI is InChI=1S/C27H35FO4/c1-5-6-8-23(26(31)32-27(2,3)4)17-22(25(29)30)16-13-19-11-14-20(15-12-19)21-9-7-10-24(28)18-21/h7,9-12,14-15,18,22-23H,5-6,8,13,16-17H2,1-4H3,(H,29,30)/t22-,23-/m0/s1. The van der Waals surface area contributed by atoms with Crippen LogP contribution in [0.2, 0.25) is 0 Å². The van der Waals surface area contributed by atoms with E-state index in [0.29, 0.717) is 19.3 Å². The molecule has 5 heteroatoms. The van der Waals surface area contributed by atoms with Gasteiger partial charge in [0.25, 0.3) is 0 Å². The zero-order valence-electron chi connectivity index (χ0n) is 19.6. The number of esters is 1. The molecule has 2 aromatic rings. The van der Waals surface area contributed by atoms with Gasteiger partial charge in [0.2, 0.25) is 0 Å². The molecule has 4 nitrogen and oxygen atoms in total. The van der Waals surface area contributed by atoms with Gasteiger partial charge < -0.3 is 9.84 Å². The number of carbonyl (C=O) groups is 2. The van der Waals surface area contributed by atoms with Crippen LogP contribution in [-0.4, -0.2) is 22.6 Å². The molecule has 0 saturated heterocycles. The number of rotatable bonds is 11. The van der Waals surface area contributed by atoms with Crippen molar-refractivity contribution in [1.82, 2.24) is 0 Å². The Labute approximate surface area is 190 Å². The number of benzene rings is 2. The van der Waals surface area contributed by atoms with Crippen LogP contribution in [-0.2, 0) is 20.7 Å². The molecule has 0 fully saturated rings. The molecule has 32 heavy (non-hydrogen) atoms. The minimum Gasteiger partial charge on any atom is -0.481 e. The van der Waals surface area contributed by atoms with Crippen LogP contribution in [0.25, 0.3) is 11.1 Å². The topological polar surface area (TPSA) is 63.6 Å². The van der Waals surface area contributed by atoms with Gasteiger partial charge in [0.05, 0.1) is 11.8 Å². The normalized spacial score (nSPS) is 13.4. The Morgan fingerprint density at radius 3 is 2.25 bits per heavy atom. The first-order valence-electron chi connectivity index (χ1n) is 11.4. The van der Waals surface area contributed by atoms with Gasteiger partial charge in [0, 0.05) is 0 Å². The molecule has 2 aromatic carbocycles. The number of ether oxygens (including phenoxy) is 1. The molecule has 0 aliphatic rings. The van der Waals surface area contributed by atoms with E-state index in [2.05, 4.69) is 0 Å². The summed E-state index contributed by atoms with van der Waals surface area (Å²) in [5.41, 5.74) is 2.13. The fraction of sp³-hybridized carbons (Fsp3) is 0.481. The molecule has 2 atom stereocenters. The molecular formula is C27H35FO4. The van der Waals surface area contributed by atoms with E-state index in [4.69, 9.17) is 4.74 Å². The van der Waals surface area contributed by atoms with Gasteiger partial charge in [-0.2, -0.15) is 0 Å². The predicted octanol–water partition coefficient (Wildman–Crippen LogP) is 6.66. The minimum atomic E-state index is -0.883. The highest BCUT2D eigenvalue weighted by molar-refractivity contribution is 5.75. The highest BCUT2D eigenvalue weighted by atomic mass is 19.1. The molecule has 0 aromatic heterocycles. The number of aryl methyl sites for hydroxylation is 1. The van der Waals surface area contributed by atoms with Crippen LogP contribution in [0.1, 0.15) is 65.4 Å². The molecule has 0 bridgehead atoms. The molecule has 0 unspecified atom stereocenters. The Kier molecular flexibility index (Phi) is 9.42. The number of hydrogen-bond acceptors (Lipinski definition) is 3. The fourth-order valence-corrected chi connectivity index (χ4v) is 3.73. The first-order valence-corrected chi connectivity index (χ1v) is 11.4. The van der Waals surface area contributed by atoms with Crippen LogP contribution in [0.4, 0.5) is 4.39 Å². The maximum atomic E-state index is 13.5. The highest BCUT2D eigenvalue weighted by Gasteiger charge is 2.30. The Morgan fingerprint density at radius 2 is 1.69 bits per heavy atom. The number of halogens is 1. The summed E-state index contributed by atoms with van der Waals surface area (Å²) in [6.45, 7) is 7.52. The lowest BCUT2D eigenvalue weighted by atomic mass is 9.87. The maximum Gasteiger partial charge on any atom is 0.309 e. The van der Waals surface area contributed by atoms with Crippen molar-refractivity contribution in [3.05, 3.63) is 59.9 Å². The number of carboxylic acid groups (broad SMARTS) is 1. The molecule has 0 radical (unpaired) electrons. The van der Waals surface area contributed by atoms with Crippen molar-refractivity contribution in [3.8, 4) is 11.1 Å². The summed E-state index contributed by atoms with van der Waals surface area (Å²) in [5, 5.41) is 9.77. The van der Waals surface area contributed by atoms with E-state index >= 15 is 0 Å². The van der Waals surface area contributed by atoms with Crippen molar-refractivity contribution in [3.63, 3.8) is 0 Å². The summed E-state index contributed by atoms with van der Waals surface area (Å²) < 4.78 is 19.0. The van der Waals surface area contributed by atoms with E-state index in [0.717, 1.165) is 29.5 Å². The van der Waals surface area contributed by atoms with E-state index in [9.17, 15) is 19.1 Å².